The minimum atomic E-state index is 0. The van der Waals surface area contributed by atoms with Crippen molar-refractivity contribution in [3.05, 3.63) is 24.3 Å². The molecule has 1 aromatic rings. The van der Waals surface area contributed by atoms with Crippen LogP contribution in [0.1, 0.15) is 44.9 Å². The fourth-order valence-corrected chi connectivity index (χ4v) is 4.34. The second-order valence-electron chi connectivity index (χ2n) is 7.07. The molecule has 0 bridgehead atoms. The van der Waals surface area contributed by atoms with Gasteiger partial charge in [-0.3, -0.25) is 4.79 Å². The quantitative estimate of drug-likeness (QED) is 0.841. The molecule has 4 nitrogen and oxygen atoms in total. The molecule has 1 aliphatic heterocycles. The molecule has 134 valence electrons. The van der Waals surface area contributed by atoms with E-state index in [0.29, 0.717) is 17.8 Å². The van der Waals surface area contributed by atoms with E-state index in [9.17, 15) is 4.79 Å². The van der Waals surface area contributed by atoms with Gasteiger partial charge in [-0.2, -0.15) is 0 Å². The highest BCUT2D eigenvalue weighted by Crippen LogP contribution is 2.46. The lowest BCUT2D eigenvalue weighted by atomic mass is 9.66. The summed E-state index contributed by atoms with van der Waals surface area (Å²) in [7, 11) is 1.64. The second kappa shape index (κ2) is 8.72. The lowest BCUT2D eigenvalue weighted by Gasteiger charge is -2.38. The first-order valence-electron chi connectivity index (χ1n) is 8.86. The minimum Gasteiger partial charge on any atom is -0.497 e. The van der Waals surface area contributed by atoms with E-state index in [4.69, 9.17) is 4.74 Å². The van der Waals surface area contributed by atoms with Crippen molar-refractivity contribution in [2.24, 2.45) is 11.3 Å². The van der Waals surface area contributed by atoms with E-state index in [2.05, 4.69) is 10.6 Å². The van der Waals surface area contributed by atoms with E-state index >= 15 is 0 Å². The molecule has 3 rings (SSSR count). The third-order valence-electron chi connectivity index (χ3n) is 5.66. The predicted octanol–water partition coefficient (Wildman–Crippen LogP) is 4.01. The number of nitrogens with one attached hydrogen (secondary N) is 2. The van der Waals surface area contributed by atoms with Crippen LogP contribution in [-0.2, 0) is 4.79 Å². The highest BCUT2D eigenvalue weighted by molar-refractivity contribution is 5.90. The molecule has 0 aromatic heterocycles. The Bertz CT molecular complexity index is 544. The maximum atomic E-state index is 12.3. The number of hydrogen-bond acceptors (Lipinski definition) is 3. The first-order valence-corrected chi connectivity index (χ1v) is 8.86. The van der Waals surface area contributed by atoms with Crippen LogP contribution in [0.4, 0.5) is 5.69 Å². The summed E-state index contributed by atoms with van der Waals surface area (Å²) in [6.45, 7) is 2.22. The molecule has 1 atom stereocenters. The molecule has 1 spiro atoms. The van der Waals surface area contributed by atoms with Gasteiger partial charge in [0.15, 0.2) is 0 Å². The average molecular weight is 353 g/mol. The summed E-state index contributed by atoms with van der Waals surface area (Å²) in [6.07, 6.45) is 8.35. The molecule has 2 N–H and O–H groups in total. The van der Waals surface area contributed by atoms with Gasteiger partial charge in [0.2, 0.25) is 5.91 Å². The number of ether oxygens (including phenoxy) is 1. The maximum Gasteiger partial charge on any atom is 0.224 e. The Balaban J connectivity index is 0.00000208. The Morgan fingerprint density at radius 3 is 2.88 bits per heavy atom. The van der Waals surface area contributed by atoms with E-state index in [1.165, 1.54) is 32.1 Å². The molecule has 1 saturated carbocycles. The molecular formula is C19H29ClN2O2. The van der Waals surface area contributed by atoms with E-state index < -0.39 is 0 Å². The number of carbonyl (C=O) groups is 1. The van der Waals surface area contributed by atoms with E-state index in [1.54, 1.807) is 7.11 Å². The van der Waals surface area contributed by atoms with Gasteiger partial charge >= 0.3 is 0 Å². The zero-order valence-electron chi connectivity index (χ0n) is 14.5. The molecule has 0 radical (unpaired) electrons. The Labute approximate surface area is 151 Å². The molecule has 1 aliphatic carbocycles. The summed E-state index contributed by atoms with van der Waals surface area (Å²) >= 11 is 0. The van der Waals surface area contributed by atoms with E-state index in [0.717, 1.165) is 30.9 Å². The Morgan fingerprint density at radius 2 is 2.12 bits per heavy atom. The zero-order chi connectivity index (χ0) is 16.1. The van der Waals surface area contributed by atoms with Crippen molar-refractivity contribution in [1.29, 1.82) is 0 Å². The number of methoxy groups -OCH3 is 1. The van der Waals surface area contributed by atoms with Gasteiger partial charge in [-0.1, -0.05) is 25.3 Å². The molecule has 1 saturated heterocycles. The number of hydrogen-bond donors (Lipinski definition) is 2. The summed E-state index contributed by atoms with van der Waals surface area (Å²) in [5.74, 6) is 1.53. The van der Waals surface area contributed by atoms with Crippen LogP contribution in [0.2, 0.25) is 0 Å². The monoisotopic (exact) mass is 352 g/mol. The first kappa shape index (κ1) is 19.1. The highest BCUT2D eigenvalue weighted by atomic mass is 35.5. The van der Waals surface area contributed by atoms with Crippen molar-refractivity contribution in [3.8, 4) is 5.75 Å². The van der Waals surface area contributed by atoms with Crippen molar-refractivity contribution in [1.82, 2.24) is 5.32 Å². The molecule has 1 amide bonds. The number of anilines is 1. The summed E-state index contributed by atoms with van der Waals surface area (Å²) in [4.78, 5) is 12.3. The number of benzene rings is 1. The maximum absolute atomic E-state index is 12.3. The Hall–Kier alpha value is -1.26. The topological polar surface area (TPSA) is 50.4 Å². The van der Waals surface area contributed by atoms with Crippen molar-refractivity contribution in [2.75, 3.05) is 25.5 Å². The minimum absolute atomic E-state index is 0. The number of halogens is 1. The molecule has 2 fully saturated rings. The third-order valence-corrected chi connectivity index (χ3v) is 5.66. The molecule has 24 heavy (non-hydrogen) atoms. The summed E-state index contributed by atoms with van der Waals surface area (Å²) in [5, 5.41) is 6.57. The largest absolute Gasteiger partial charge is 0.497 e. The Morgan fingerprint density at radius 1 is 1.33 bits per heavy atom. The first-order chi connectivity index (χ1) is 11.2. The van der Waals surface area contributed by atoms with Crippen LogP contribution in [0, 0.1) is 11.3 Å². The van der Waals surface area contributed by atoms with Gasteiger partial charge < -0.3 is 15.4 Å². The fraction of sp³-hybridized carbons (Fsp3) is 0.632. The van der Waals surface area contributed by atoms with Crippen LogP contribution in [-0.4, -0.2) is 26.1 Å². The van der Waals surface area contributed by atoms with Gasteiger partial charge in [-0.15, -0.1) is 12.4 Å². The number of rotatable bonds is 5. The van der Waals surface area contributed by atoms with Gasteiger partial charge in [0, 0.05) is 24.7 Å². The smallest absolute Gasteiger partial charge is 0.224 e. The van der Waals surface area contributed by atoms with Crippen LogP contribution in [0.5, 0.6) is 5.75 Å². The summed E-state index contributed by atoms with van der Waals surface area (Å²) in [5.41, 5.74) is 1.28. The van der Waals surface area contributed by atoms with Crippen LogP contribution in [0.3, 0.4) is 0 Å². The lowest BCUT2D eigenvalue weighted by Crippen LogP contribution is -2.33. The molecule has 1 aromatic carbocycles. The zero-order valence-corrected chi connectivity index (χ0v) is 15.3. The van der Waals surface area contributed by atoms with Crippen molar-refractivity contribution in [2.45, 2.75) is 44.9 Å². The van der Waals surface area contributed by atoms with Gasteiger partial charge in [-0.25, -0.2) is 0 Å². The van der Waals surface area contributed by atoms with Crippen molar-refractivity contribution in [3.63, 3.8) is 0 Å². The SMILES string of the molecule is COc1cccc(NC(=O)CCC2CNCC23CCCCC3)c1.Cl. The molecule has 1 heterocycles. The van der Waals surface area contributed by atoms with E-state index in [-0.39, 0.29) is 18.3 Å². The van der Waals surface area contributed by atoms with Crippen LogP contribution >= 0.6 is 12.4 Å². The summed E-state index contributed by atoms with van der Waals surface area (Å²) < 4.78 is 5.19. The van der Waals surface area contributed by atoms with Crippen LogP contribution in [0.25, 0.3) is 0 Å². The average Bonchev–Trinajstić information content (AvgIpc) is 2.95. The molecular weight excluding hydrogens is 324 g/mol. The van der Waals surface area contributed by atoms with Crippen molar-refractivity contribution < 1.29 is 9.53 Å². The van der Waals surface area contributed by atoms with Crippen LogP contribution in [0.15, 0.2) is 24.3 Å². The Kier molecular flexibility index (Phi) is 6.93. The number of carbonyl (C=O) groups excluding carboxylic acids is 1. The number of amides is 1. The summed E-state index contributed by atoms with van der Waals surface area (Å²) in [6, 6.07) is 7.54. The third kappa shape index (κ3) is 4.42. The van der Waals surface area contributed by atoms with Gasteiger partial charge in [0.05, 0.1) is 7.11 Å². The second-order valence-corrected chi connectivity index (χ2v) is 7.07. The van der Waals surface area contributed by atoms with Gasteiger partial charge in [0.25, 0.3) is 0 Å². The normalized spacial score (nSPS) is 22.0. The van der Waals surface area contributed by atoms with Gasteiger partial charge in [-0.05, 0) is 49.3 Å². The standard InChI is InChI=1S/C19H28N2O2.ClH/c1-23-17-7-5-6-16(12-17)21-18(22)9-8-15-13-20-14-19(15)10-3-2-4-11-19;/h5-7,12,15,20H,2-4,8-11,13-14H2,1H3,(H,21,22);1H. The lowest BCUT2D eigenvalue weighted by molar-refractivity contribution is -0.116. The predicted molar refractivity (Wildman–Crippen MR) is 100.0 cm³/mol. The van der Waals surface area contributed by atoms with E-state index in [1.807, 2.05) is 24.3 Å². The molecule has 5 heteroatoms. The fourth-order valence-electron chi connectivity index (χ4n) is 4.34. The van der Waals surface area contributed by atoms with Crippen molar-refractivity contribution >= 4 is 24.0 Å². The van der Waals surface area contributed by atoms with Crippen LogP contribution < -0.4 is 15.4 Å². The van der Waals surface area contributed by atoms with Gasteiger partial charge in [0.1, 0.15) is 5.75 Å². The molecule has 1 unspecified atom stereocenters. The highest BCUT2D eigenvalue weighted by Gasteiger charge is 2.42. The molecule has 2 aliphatic rings.